The average Bonchev–Trinajstić information content (AvgIpc) is 2.63. The van der Waals surface area contributed by atoms with Gasteiger partial charge in [-0.1, -0.05) is 31.5 Å². The molecule has 2 rings (SSSR count). The summed E-state index contributed by atoms with van der Waals surface area (Å²) in [6, 6.07) is 4.22. The lowest BCUT2D eigenvalue weighted by atomic mass is 9.73. The topological polar surface area (TPSA) is 83.8 Å². The number of aliphatic hydroxyl groups excluding tert-OH is 2. The fraction of sp³-hybridized carbons (Fsp3) is 0.619. The maximum atomic E-state index is 13.1. The van der Waals surface area contributed by atoms with Crippen molar-refractivity contribution in [2.24, 2.45) is 11.8 Å². The summed E-state index contributed by atoms with van der Waals surface area (Å²) in [7, 11) is 1.28. The summed E-state index contributed by atoms with van der Waals surface area (Å²) in [5.41, 5.74) is 4.52. The molecule has 5 heteroatoms. The van der Waals surface area contributed by atoms with E-state index in [1.807, 2.05) is 0 Å². The second kappa shape index (κ2) is 8.78. The number of Topliss-reactive ketones (excluding diaryl/α,β-unsaturated/α-hetero) is 1. The van der Waals surface area contributed by atoms with Crippen LogP contribution in [0, 0.1) is 18.8 Å². The molecule has 1 aliphatic rings. The summed E-state index contributed by atoms with van der Waals surface area (Å²) in [5, 5.41) is 19.9. The number of ketones is 1. The van der Waals surface area contributed by atoms with E-state index in [-0.39, 0.29) is 25.0 Å². The summed E-state index contributed by atoms with van der Waals surface area (Å²) < 4.78 is 4.83. The molecule has 0 heterocycles. The van der Waals surface area contributed by atoms with E-state index < -0.39 is 30.0 Å². The SMILES string of the molecule is CCc1cc(C)cc(CC)c1CC(=O)[C@@H]1CC(O)C(O)C[C@H]1C(=O)OC. The number of carbonyl (C=O) groups excluding carboxylic acids is 2. The molecule has 1 saturated carbocycles. The molecule has 0 aliphatic heterocycles. The lowest BCUT2D eigenvalue weighted by Gasteiger charge is -2.35. The Balaban J connectivity index is 2.31. The molecule has 0 aromatic heterocycles. The van der Waals surface area contributed by atoms with Crippen molar-refractivity contribution in [2.75, 3.05) is 7.11 Å². The minimum absolute atomic E-state index is 0.0550. The summed E-state index contributed by atoms with van der Waals surface area (Å²) in [5.74, 6) is -1.90. The van der Waals surface area contributed by atoms with Crippen LogP contribution in [0.4, 0.5) is 0 Å². The molecule has 0 saturated heterocycles. The van der Waals surface area contributed by atoms with Gasteiger partial charge in [-0.05, 0) is 49.3 Å². The molecule has 5 nitrogen and oxygen atoms in total. The van der Waals surface area contributed by atoms with Crippen LogP contribution in [0.5, 0.6) is 0 Å². The minimum atomic E-state index is -1.00. The first-order valence-corrected chi connectivity index (χ1v) is 9.40. The van der Waals surface area contributed by atoms with Crippen molar-refractivity contribution in [3.05, 3.63) is 34.4 Å². The van der Waals surface area contributed by atoms with E-state index in [1.165, 1.54) is 12.7 Å². The summed E-state index contributed by atoms with van der Waals surface area (Å²) in [4.78, 5) is 25.2. The molecule has 4 atom stereocenters. The lowest BCUT2D eigenvalue weighted by Crippen LogP contribution is -2.45. The normalized spacial score (nSPS) is 25.8. The minimum Gasteiger partial charge on any atom is -0.469 e. The Bertz CT molecular complexity index is 641. The quantitative estimate of drug-likeness (QED) is 0.758. The monoisotopic (exact) mass is 362 g/mol. The number of hydrogen-bond donors (Lipinski definition) is 2. The molecule has 0 amide bonds. The Kier molecular flexibility index (Phi) is 6.95. The van der Waals surface area contributed by atoms with Crippen molar-refractivity contribution >= 4 is 11.8 Å². The molecule has 1 aliphatic carbocycles. The van der Waals surface area contributed by atoms with Crippen LogP contribution < -0.4 is 0 Å². The molecule has 1 aromatic rings. The highest BCUT2D eigenvalue weighted by atomic mass is 16.5. The third-order valence-electron chi connectivity index (χ3n) is 5.53. The van der Waals surface area contributed by atoms with E-state index in [4.69, 9.17) is 4.74 Å². The first kappa shape index (κ1) is 20.6. The van der Waals surface area contributed by atoms with E-state index in [0.29, 0.717) is 0 Å². The zero-order valence-electron chi connectivity index (χ0n) is 16.1. The van der Waals surface area contributed by atoms with E-state index >= 15 is 0 Å². The van der Waals surface area contributed by atoms with Gasteiger partial charge in [-0.15, -0.1) is 0 Å². The maximum Gasteiger partial charge on any atom is 0.309 e. The number of hydrogen-bond acceptors (Lipinski definition) is 5. The van der Waals surface area contributed by atoms with Gasteiger partial charge in [-0.3, -0.25) is 9.59 Å². The van der Waals surface area contributed by atoms with Crippen molar-refractivity contribution in [3.8, 4) is 0 Å². The molecule has 26 heavy (non-hydrogen) atoms. The van der Waals surface area contributed by atoms with Gasteiger partial charge in [-0.25, -0.2) is 0 Å². The third-order valence-corrected chi connectivity index (χ3v) is 5.53. The summed E-state index contributed by atoms with van der Waals surface area (Å²) >= 11 is 0. The number of methoxy groups -OCH3 is 1. The average molecular weight is 362 g/mol. The fourth-order valence-corrected chi connectivity index (χ4v) is 4.07. The van der Waals surface area contributed by atoms with Crippen molar-refractivity contribution in [3.63, 3.8) is 0 Å². The highest BCUT2D eigenvalue weighted by Crippen LogP contribution is 2.34. The van der Waals surface area contributed by atoms with E-state index in [0.717, 1.165) is 29.5 Å². The second-order valence-electron chi connectivity index (χ2n) is 7.25. The Morgan fingerprint density at radius 1 is 1.04 bits per heavy atom. The predicted molar refractivity (Wildman–Crippen MR) is 98.9 cm³/mol. The van der Waals surface area contributed by atoms with Gasteiger partial charge in [0.15, 0.2) is 0 Å². The maximum absolute atomic E-state index is 13.1. The smallest absolute Gasteiger partial charge is 0.309 e. The van der Waals surface area contributed by atoms with Crippen LogP contribution in [-0.4, -0.2) is 41.3 Å². The summed E-state index contributed by atoms with van der Waals surface area (Å²) in [6.45, 7) is 6.19. The Labute approximate surface area is 155 Å². The van der Waals surface area contributed by atoms with Gasteiger partial charge in [0.05, 0.1) is 25.2 Å². The van der Waals surface area contributed by atoms with Gasteiger partial charge in [0.25, 0.3) is 0 Å². The lowest BCUT2D eigenvalue weighted by molar-refractivity contribution is -0.157. The third kappa shape index (κ3) is 4.33. The van der Waals surface area contributed by atoms with Gasteiger partial charge in [0.2, 0.25) is 0 Å². The molecule has 0 radical (unpaired) electrons. The van der Waals surface area contributed by atoms with Crippen LogP contribution in [0.15, 0.2) is 12.1 Å². The van der Waals surface area contributed by atoms with Gasteiger partial charge < -0.3 is 14.9 Å². The van der Waals surface area contributed by atoms with Gasteiger partial charge in [0.1, 0.15) is 5.78 Å². The van der Waals surface area contributed by atoms with E-state index in [1.54, 1.807) is 0 Å². The van der Waals surface area contributed by atoms with Crippen molar-refractivity contribution in [1.29, 1.82) is 0 Å². The summed E-state index contributed by atoms with van der Waals surface area (Å²) in [6.07, 6.45) is 0.0776. The standard InChI is InChI=1S/C21H30O5/c1-5-13-7-12(3)8-14(6-2)15(13)9-18(22)16-10-19(23)20(24)11-17(16)21(25)26-4/h7-8,16-17,19-20,23-24H,5-6,9-11H2,1-4H3/t16-,17-,19?,20?/m1/s1. The molecule has 144 valence electrons. The largest absolute Gasteiger partial charge is 0.469 e. The van der Waals surface area contributed by atoms with Gasteiger partial charge >= 0.3 is 5.97 Å². The molecule has 1 fully saturated rings. The van der Waals surface area contributed by atoms with Crippen molar-refractivity contribution < 1.29 is 24.5 Å². The Hall–Kier alpha value is -1.72. The second-order valence-corrected chi connectivity index (χ2v) is 7.25. The van der Waals surface area contributed by atoms with Gasteiger partial charge in [0, 0.05) is 12.3 Å². The van der Waals surface area contributed by atoms with Crippen LogP contribution in [0.3, 0.4) is 0 Å². The highest BCUT2D eigenvalue weighted by molar-refractivity contribution is 5.89. The molecule has 2 N–H and O–H groups in total. The fourth-order valence-electron chi connectivity index (χ4n) is 4.07. The Morgan fingerprint density at radius 2 is 1.54 bits per heavy atom. The first-order valence-electron chi connectivity index (χ1n) is 9.40. The van der Waals surface area contributed by atoms with E-state index in [2.05, 4.69) is 32.9 Å². The first-order chi connectivity index (χ1) is 12.3. The molecule has 0 bridgehead atoms. The van der Waals surface area contributed by atoms with Crippen LogP contribution in [0.1, 0.15) is 48.9 Å². The molecular weight excluding hydrogens is 332 g/mol. The van der Waals surface area contributed by atoms with E-state index in [9.17, 15) is 19.8 Å². The number of aryl methyl sites for hydroxylation is 3. The highest BCUT2D eigenvalue weighted by Gasteiger charge is 2.43. The zero-order valence-corrected chi connectivity index (χ0v) is 16.1. The van der Waals surface area contributed by atoms with Gasteiger partial charge in [-0.2, -0.15) is 0 Å². The van der Waals surface area contributed by atoms with Crippen molar-refractivity contribution in [1.82, 2.24) is 0 Å². The molecule has 1 aromatic carbocycles. The molecule has 2 unspecified atom stereocenters. The molecular formula is C21H30O5. The molecule has 0 spiro atoms. The number of aliphatic hydroxyl groups is 2. The van der Waals surface area contributed by atoms with Crippen LogP contribution >= 0.6 is 0 Å². The number of esters is 1. The number of rotatable bonds is 6. The number of carbonyl (C=O) groups is 2. The predicted octanol–water partition coefficient (Wildman–Crippen LogP) is 2.15. The van der Waals surface area contributed by atoms with Crippen LogP contribution in [-0.2, 0) is 33.6 Å². The zero-order chi connectivity index (χ0) is 19.4. The number of ether oxygens (including phenoxy) is 1. The van der Waals surface area contributed by atoms with Crippen LogP contribution in [0.2, 0.25) is 0 Å². The number of benzene rings is 1. The Morgan fingerprint density at radius 3 is 2.00 bits per heavy atom. The van der Waals surface area contributed by atoms with Crippen molar-refractivity contribution in [2.45, 2.75) is 65.1 Å². The van der Waals surface area contributed by atoms with Crippen LogP contribution in [0.25, 0.3) is 0 Å².